The van der Waals surface area contributed by atoms with Crippen molar-refractivity contribution in [2.75, 3.05) is 13.1 Å². The lowest BCUT2D eigenvalue weighted by atomic mass is 9.98. The zero-order valence-electron chi connectivity index (χ0n) is 17.2. The van der Waals surface area contributed by atoms with Gasteiger partial charge in [0.25, 0.3) is 0 Å². The minimum atomic E-state index is 0.126. The van der Waals surface area contributed by atoms with Gasteiger partial charge in [-0.3, -0.25) is 9.69 Å². The predicted octanol–water partition coefficient (Wildman–Crippen LogP) is 3.73. The van der Waals surface area contributed by atoms with Crippen LogP contribution in [-0.2, 0) is 24.3 Å². The molecule has 148 valence electrons. The average molecular weight is 379 g/mol. The molecule has 5 nitrogen and oxygen atoms in total. The number of hydrogen-bond donors (Lipinski definition) is 0. The number of nitrogens with zero attached hydrogens (tertiary/aromatic N) is 4. The molecule has 0 N–H and O–H groups in total. The molecule has 2 aliphatic rings. The van der Waals surface area contributed by atoms with E-state index in [1.165, 1.54) is 29.5 Å². The van der Waals surface area contributed by atoms with E-state index < -0.39 is 0 Å². The first-order chi connectivity index (χ1) is 13.5. The molecule has 0 unspecified atom stereocenters. The van der Waals surface area contributed by atoms with Gasteiger partial charge in [-0.25, -0.2) is 9.97 Å². The molecule has 5 heteroatoms. The van der Waals surface area contributed by atoms with Crippen molar-refractivity contribution >= 4 is 5.91 Å². The third kappa shape index (κ3) is 3.95. The molecule has 3 heterocycles. The summed E-state index contributed by atoms with van der Waals surface area (Å²) in [6.07, 6.45) is 6.36. The summed E-state index contributed by atoms with van der Waals surface area (Å²) in [5.41, 5.74) is 6.29. The van der Waals surface area contributed by atoms with Gasteiger partial charge in [0.15, 0.2) is 0 Å². The maximum absolute atomic E-state index is 11.7. The third-order valence-electron chi connectivity index (χ3n) is 6.27. The van der Waals surface area contributed by atoms with Gasteiger partial charge in [-0.2, -0.15) is 0 Å². The van der Waals surface area contributed by atoms with Crippen LogP contribution in [0.25, 0.3) is 0 Å². The Bertz CT molecular complexity index is 879. The van der Waals surface area contributed by atoms with Gasteiger partial charge in [0, 0.05) is 44.7 Å². The van der Waals surface area contributed by atoms with Crippen molar-refractivity contribution in [2.24, 2.45) is 0 Å². The largest absolute Gasteiger partial charge is 0.338 e. The fraction of sp³-hybridized carbons (Fsp3) is 0.522. The molecule has 28 heavy (non-hydrogen) atoms. The van der Waals surface area contributed by atoms with Gasteiger partial charge in [0.2, 0.25) is 5.91 Å². The van der Waals surface area contributed by atoms with Crippen molar-refractivity contribution < 1.29 is 4.79 Å². The number of fused-ring (bicyclic) bond motifs is 1. The molecule has 1 aromatic carbocycles. The van der Waals surface area contributed by atoms with Crippen LogP contribution in [0.1, 0.15) is 66.0 Å². The van der Waals surface area contributed by atoms with Crippen LogP contribution in [-0.4, -0.2) is 38.8 Å². The van der Waals surface area contributed by atoms with Gasteiger partial charge in [0.05, 0.1) is 11.7 Å². The Hall–Kier alpha value is -2.27. The van der Waals surface area contributed by atoms with E-state index in [9.17, 15) is 4.79 Å². The Morgan fingerprint density at radius 3 is 2.82 bits per heavy atom. The van der Waals surface area contributed by atoms with Crippen LogP contribution in [0, 0.1) is 13.8 Å². The zero-order chi connectivity index (χ0) is 19.7. The Kier molecular flexibility index (Phi) is 5.44. The highest BCUT2D eigenvalue weighted by atomic mass is 16.2. The number of carbonyl (C=O) groups is 1. The highest BCUT2D eigenvalue weighted by Crippen LogP contribution is 2.31. The molecule has 1 atom stereocenters. The van der Waals surface area contributed by atoms with Gasteiger partial charge >= 0.3 is 0 Å². The molecule has 1 fully saturated rings. The van der Waals surface area contributed by atoms with Crippen molar-refractivity contribution in [3.63, 3.8) is 0 Å². The van der Waals surface area contributed by atoms with Crippen molar-refractivity contribution in [3.8, 4) is 0 Å². The van der Waals surface area contributed by atoms with E-state index in [2.05, 4.69) is 36.9 Å². The Morgan fingerprint density at radius 2 is 2.04 bits per heavy atom. The molecule has 0 spiro atoms. The van der Waals surface area contributed by atoms with Crippen molar-refractivity contribution in [1.29, 1.82) is 0 Å². The van der Waals surface area contributed by atoms with E-state index in [0.29, 0.717) is 6.54 Å². The SMILES string of the molecule is CC(=O)N1CCc2nc([C@@H]3CCCCN3Cc3ccc(C)c(C)c3)ncc2C1. The van der Waals surface area contributed by atoms with Gasteiger partial charge in [0.1, 0.15) is 5.82 Å². The third-order valence-corrected chi connectivity index (χ3v) is 6.27. The van der Waals surface area contributed by atoms with E-state index in [-0.39, 0.29) is 11.9 Å². The summed E-state index contributed by atoms with van der Waals surface area (Å²) >= 11 is 0. The van der Waals surface area contributed by atoms with Crippen LogP contribution in [0.5, 0.6) is 0 Å². The summed E-state index contributed by atoms with van der Waals surface area (Å²) < 4.78 is 0. The molecule has 1 amide bonds. The van der Waals surface area contributed by atoms with Crippen LogP contribution in [0.2, 0.25) is 0 Å². The number of aromatic nitrogens is 2. The summed E-state index contributed by atoms with van der Waals surface area (Å²) in [7, 11) is 0. The van der Waals surface area contributed by atoms with E-state index in [1.807, 2.05) is 11.1 Å². The second-order valence-electron chi connectivity index (χ2n) is 8.29. The molecule has 2 aliphatic heterocycles. The minimum absolute atomic E-state index is 0.126. The fourth-order valence-corrected chi connectivity index (χ4v) is 4.37. The van der Waals surface area contributed by atoms with Gasteiger partial charge in [-0.15, -0.1) is 0 Å². The smallest absolute Gasteiger partial charge is 0.219 e. The first kappa shape index (κ1) is 19.1. The topological polar surface area (TPSA) is 49.3 Å². The molecule has 1 aromatic heterocycles. The number of aryl methyl sites for hydroxylation is 2. The molecule has 0 saturated carbocycles. The molecule has 1 saturated heterocycles. The number of benzene rings is 1. The standard InChI is InChI=1S/C23H30N4O/c1-16-7-8-19(12-17(16)2)14-27-10-5-4-6-22(27)23-24-13-20-15-26(18(3)28)11-9-21(20)25-23/h7-8,12-13,22H,4-6,9-11,14-15H2,1-3H3/t22-/m0/s1. The van der Waals surface area contributed by atoms with Crippen LogP contribution in [0.4, 0.5) is 0 Å². The number of carbonyl (C=O) groups excluding carboxylic acids is 1. The summed E-state index contributed by atoms with van der Waals surface area (Å²) in [6.45, 7) is 9.42. The first-order valence-electron chi connectivity index (χ1n) is 10.4. The highest BCUT2D eigenvalue weighted by Gasteiger charge is 2.28. The lowest BCUT2D eigenvalue weighted by molar-refractivity contribution is -0.129. The van der Waals surface area contributed by atoms with E-state index >= 15 is 0 Å². The predicted molar refractivity (Wildman–Crippen MR) is 110 cm³/mol. The minimum Gasteiger partial charge on any atom is -0.338 e. The molecule has 0 bridgehead atoms. The van der Waals surface area contributed by atoms with Crippen LogP contribution >= 0.6 is 0 Å². The van der Waals surface area contributed by atoms with Crippen LogP contribution < -0.4 is 0 Å². The monoisotopic (exact) mass is 378 g/mol. The molecular weight excluding hydrogens is 348 g/mol. The summed E-state index contributed by atoms with van der Waals surface area (Å²) in [4.78, 5) is 25.8. The number of likely N-dealkylation sites (tertiary alicyclic amines) is 1. The summed E-state index contributed by atoms with van der Waals surface area (Å²) in [5, 5.41) is 0. The maximum Gasteiger partial charge on any atom is 0.219 e. The Balaban J connectivity index is 1.54. The van der Waals surface area contributed by atoms with Gasteiger partial charge in [-0.1, -0.05) is 24.6 Å². The quantitative estimate of drug-likeness (QED) is 0.817. The maximum atomic E-state index is 11.7. The lowest BCUT2D eigenvalue weighted by Crippen LogP contribution is -2.36. The lowest BCUT2D eigenvalue weighted by Gasteiger charge is -2.35. The highest BCUT2D eigenvalue weighted by molar-refractivity contribution is 5.73. The fourth-order valence-electron chi connectivity index (χ4n) is 4.37. The van der Waals surface area contributed by atoms with E-state index in [1.54, 1.807) is 6.92 Å². The second kappa shape index (κ2) is 8.00. The van der Waals surface area contributed by atoms with Crippen LogP contribution in [0.15, 0.2) is 24.4 Å². The van der Waals surface area contributed by atoms with Crippen molar-refractivity contribution in [1.82, 2.24) is 19.8 Å². The molecule has 4 rings (SSSR count). The molecular formula is C23H30N4O. The normalized spacial score (nSPS) is 20.1. The Labute approximate surface area is 167 Å². The number of hydrogen-bond acceptors (Lipinski definition) is 4. The summed E-state index contributed by atoms with van der Waals surface area (Å²) in [5.74, 6) is 1.08. The molecule has 0 aliphatic carbocycles. The van der Waals surface area contributed by atoms with E-state index in [0.717, 1.165) is 49.6 Å². The Morgan fingerprint density at radius 1 is 1.18 bits per heavy atom. The van der Waals surface area contributed by atoms with Crippen molar-refractivity contribution in [2.45, 2.75) is 65.6 Å². The zero-order valence-corrected chi connectivity index (χ0v) is 17.2. The number of amides is 1. The summed E-state index contributed by atoms with van der Waals surface area (Å²) in [6, 6.07) is 7.06. The average Bonchev–Trinajstić information content (AvgIpc) is 2.70. The second-order valence-corrected chi connectivity index (χ2v) is 8.29. The van der Waals surface area contributed by atoms with Gasteiger partial charge < -0.3 is 4.90 Å². The van der Waals surface area contributed by atoms with Gasteiger partial charge in [-0.05, 0) is 49.9 Å². The van der Waals surface area contributed by atoms with Crippen LogP contribution in [0.3, 0.4) is 0 Å². The first-order valence-corrected chi connectivity index (χ1v) is 10.4. The van der Waals surface area contributed by atoms with E-state index in [4.69, 9.17) is 9.97 Å². The molecule has 0 radical (unpaired) electrons. The number of rotatable bonds is 3. The molecule has 2 aromatic rings. The number of piperidine rings is 1. The van der Waals surface area contributed by atoms with Crippen molar-refractivity contribution in [3.05, 3.63) is 58.2 Å².